The van der Waals surface area contributed by atoms with Gasteiger partial charge in [0.25, 0.3) is 0 Å². The van der Waals surface area contributed by atoms with Crippen molar-refractivity contribution in [3.05, 3.63) is 28.8 Å². The molecule has 1 aromatic carbocycles. The normalized spacial score (nSPS) is 19.2. The highest BCUT2D eigenvalue weighted by atomic mass is 35.5. The summed E-state index contributed by atoms with van der Waals surface area (Å²) < 4.78 is 4.76. The summed E-state index contributed by atoms with van der Waals surface area (Å²) in [5.41, 5.74) is 2.15. The molecule has 0 radical (unpaired) electrons. The van der Waals surface area contributed by atoms with Gasteiger partial charge in [-0.25, -0.2) is 4.79 Å². The summed E-state index contributed by atoms with van der Waals surface area (Å²) in [5.74, 6) is -0.175. The van der Waals surface area contributed by atoms with Crippen molar-refractivity contribution in [2.24, 2.45) is 0 Å². The maximum atomic E-state index is 11.5. The van der Waals surface area contributed by atoms with Crippen molar-refractivity contribution in [2.75, 3.05) is 18.6 Å². The third kappa shape index (κ3) is 1.87. The van der Waals surface area contributed by atoms with Crippen LogP contribution in [0.25, 0.3) is 0 Å². The molecule has 1 aliphatic heterocycles. The van der Waals surface area contributed by atoms with Crippen molar-refractivity contribution < 1.29 is 9.53 Å². The third-order valence-corrected chi connectivity index (χ3v) is 3.21. The molecule has 86 valence electrons. The minimum Gasteiger partial charge on any atom is -0.467 e. The molecule has 0 aliphatic carbocycles. The van der Waals surface area contributed by atoms with E-state index in [-0.39, 0.29) is 12.0 Å². The Hall–Kier alpha value is -1.22. The summed E-state index contributed by atoms with van der Waals surface area (Å²) in [7, 11) is 1.42. The first-order chi connectivity index (χ1) is 7.63. The molecule has 0 aromatic heterocycles. The van der Waals surface area contributed by atoms with Crippen LogP contribution in [0.2, 0.25) is 5.02 Å². The average molecular weight is 240 g/mol. The van der Waals surface area contributed by atoms with Gasteiger partial charge in [-0.15, -0.1) is 0 Å². The zero-order valence-electron chi connectivity index (χ0n) is 9.37. The molecule has 1 aliphatic rings. The van der Waals surface area contributed by atoms with Gasteiger partial charge in [0.1, 0.15) is 6.04 Å². The molecule has 1 unspecified atom stereocenters. The summed E-state index contributed by atoms with van der Waals surface area (Å²) in [6, 6.07) is 5.56. The maximum Gasteiger partial charge on any atom is 0.328 e. The maximum absolute atomic E-state index is 11.5. The molecule has 4 heteroatoms. The van der Waals surface area contributed by atoms with Crippen LogP contribution in [-0.2, 0) is 9.53 Å². The number of hydrogen-bond donors (Lipinski definition) is 0. The number of rotatable bonds is 2. The largest absolute Gasteiger partial charge is 0.467 e. The van der Waals surface area contributed by atoms with Crippen molar-refractivity contribution in [2.45, 2.75) is 19.4 Å². The van der Waals surface area contributed by atoms with E-state index in [1.807, 2.05) is 30.0 Å². The zero-order chi connectivity index (χ0) is 11.7. The fourth-order valence-electron chi connectivity index (χ4n) is 1.95. The van der Waals surface area contributed by atoms with Crippen LogP contribution in [0.15, 0.2) is 18.2 Å². The molecule has 0 spiro atoms. The van der Waals surface area contributed by atoms with Crippen molar-refractivity contribution in [3.63, 3.8) is 0 Å². The Bertz CT molecular complexity index is 419. The van der Waals surface area contributed by atoms with Gasteiger partial charge in [0, 0.05) is 17.3 Å². The lowest BCUT2D eigenvalue weighted by Crippen LogP contribution is -2.53. The molecule has 16 heavy (non-hydrogen) atoms. The van der Waals surface area contributed by atoms with Crippen LogP contribution in [0.4, 0.5) is 5.69 Å². The Morgan fingerprint density at radius 1 is 1.56 bits per heavy atom. The minimum atomic E-state index is -0.175. The summed E-state index contributed by atoms with van der Waals surface area (Å²) in [6.45, 7) is 2.89. The van der Waals surface area contributed by atoms with E-state index in [1.165, 1.54) is 7.11 Å². The second-order valence-corrected chi connectivity index (χ2v) is 4.39. The van der Waals surface area contributed by atoms with E-state index in [0.29, 0.717) is 5.02 Å². The lowest BCUT2D eigenvalue weighted by Gasteiger charge is -2.41. The lowest BCUT2D eigenvalue weighted by atomic mass is 10.0. The lowest BCUT2D eigenvalue weighted by molar-refractivity contribution is -0.143. The molecule has 0 saturated carbocycles. The van der Waals surface area contributed by atoms with E-state index < -0.39 is 0 Å². The molecule has 1 fully saturated rings. The Balaban J connectivity index is 2.24. The first kappa shape index (κ1) is 11.3. The van der Waals surface area contributed by atoms with Gasteiger partial charge in [0.15, 0.2) is 0 Å². The number of carbonyl (C=O) groups excluding carboxylic acids is 1. The van der Waals surface area contributed by atoms with E-state index >= 15 is 0 Å². The number of aryl methyl sites for hydroxylation is 1. The molecular formula is C12H14ClNO2. The molecule has 0 bridgehead atoms. The van der Waals surface area contributed by atoms with Gasteiger partial charge in [0.05, 0.1) is 7.11 Å². The third-order valence-electron chi connectivity index (χ3n) is 2.97. The highest BCUT2D eigenvalue weighted by molar-refractivity contribution is 6.30. The van der Waals surface area contributed by atoms with Crippen LogP contribution in [0.1, 0.15) is 12.0 Å². The van der Waals surface area contributed by atoms with Crippen LogP contribution >= 0.6 is 11.6 Å². The number of nitrogens with zero attached hydrogens (tertiary/aromatic N) is 1. The Labute approximate surface area is 100.0 Å². The fraction of sp³-hybridized carbons (Fsp3) is 0.417. The predicted molar refractivity (Wildman–Crippen MR) is 64.0 cm³/mol. The molecular weight excluding hydrogens is 226 g/mol. The molecule has 1 saturated heterocycles. The molecule has 1 atom stereocenters. The van der Waals surface area contributed by atoms with Crippen molar-refractivity contribution >= 4 is 23.3 Å². The molecule has 1 heterocycles. The minimum absolute atomic E-state index is 0.151. The highest BCUT2D eigenvalue weighted by Gasteiger charge is 2.35. The zero-order valence-corrected chi connectivity index (χ0v) is 10.1. The number of anilines is 1. The number of esters is 1. The van der Waals surface area contributed by atoms with Crippen molar-refractivity contribution in [1.82, 2.24) is 0 Å². The van der Waals surface area contributed by atoms with Gasteiger partial charge in [-0.1, -0.05) is 17.7 Å². The van der Waals surface area contributed by atoms with E-state index in [1.54, 1.807) is 0 Å². The topological polar surface area (TPSA) is 29.5 Å². The van der Waals surface area contributed by atoms with Gasteiger partial charge in [0.2, 0.25) is 0 Å². The van der Waals surface area contributed by atoms with E-state index in [4.69, 9.17) is 16.3 Å². The van der Waals surface area contributed by atoms with Crippen LogP contribution in [0, 0.1) is 6.92 Å². The van der Waals surface area contributed by atoms with Crippen molar-refractivity contribution in [1.29, 1.82) is 0 Å². The summed E-state index contributed by atoms with van der Waals surface area (Å²) >= 11 is 5.96. The van der Waals surface area contributed by atoms with E-state index in [9.17, 15) is 4.79 Å². The summed E-state index contributed by atoms with van der Waals surface area (Å²) in [6.07, 6.45) is 0.846. The monoisotopic (exact) mass is 239 g/mol. The average Bonchev–Trinajstić information content (AvgIpc) is 2.21. The number of benzene rings is 1. The van der Waals surface area contributed by atoms with E-state index in [2.05, 4.69) is 0 Å². The van der Waals surface area contributed by atoms with Crippen molar-refractivity contribution in [3.8, 4) is 0 Å². The van der Waals surface area contributed by atoms with Crippen LogP contribution in [0.5, 0.6) is 0 Å². The highest BCUT2D eigenvalue weighted by Crippen LogP contribution is 2.31. The van der Waals surface area contributed by atoms with Gasteiger partial charge in [-0.2, -0.15) is 0 Å². The molecule has 3 nitrogen and oxygen atoms in total. The quantitative estimate of drug-likeness (QED) is 0.743. The number of methoxy groups -OCH3 is 1. The number of hydrogen-bond acceptors (Lipinski definition) is 3. The Kier molecular flexibility index (Phi) is 3.06. The van der Waals surface area contributed by atoms with Crippen LogP contribution in [0.3, 0.4) is 0 Å². The van der Waals surface area contributed by atoms with Gasteiger partial charge in [-0.3, -0.25) is 0 Å². The SMILES string of the molecule is COC(=O)C1CCN1c1cc(Cl)ccc1C. The standard InChI is InChI=1S/C12H14ClNO2/c1-8-3-4-9(13)7-11(8)14-6-5-10(14)12(15)16-2/h3-4,7,10H,5-6H2,1-2H3. The van der Waals surface area contributed by atoms with Gasteiger partial charge in [-0.05, 0) is 31.0 Å². The number of carbonyl (C=O) groups is 1. The first-order valence-corrected chi connectivity index (χ1v) is 5.62. The molecule has 1 aromatic rings. The molecule has 0 amide bonds. The van der Waals surface area contributed by atoms with E-state index in [0.717, 1.165) is 24.2 Å². The second kappa shape index (κ2) is 4.34. The summed E-state index contributed by atoms with van der Waals surface area (Å²) in [5, 5.41) is 0.691. The van der Waals surface area contributed by atoms with Gasteiger partial charge < -0.3 is 9.64 Å². The Morgan fingerprint density at radius 2 is 2.31 bits per heavy atom. The Morgan fingerprint density at radius 3 is 2.88 bits per heavy atom. The second-order valence-electron chi connectivity index (χ2n) is 3.95. The number of halogens is 1. The fourth-order valence-corrected chi connectivity index (χ4v) is 2.12. The van der Waals surface area contributed by atoms with Crippen LogP contribution in [-0.4, -0.2) is 25.7 Å². The van der Waals surface area contributed by atoms with Gasteiger partial charge >= 0.3 is 5.97 Å². The molecule has 0 N–H and O–H groups in total. The summed E-state index contributed by atoms with van der Waals surface area (Å²) in [4.78, 5) is 13.5. The first-order valence-electron chi connectivity index (χ1n) is 5.24. The predicted octanol–water partition coefficient (Wildman–Crippen LogP) is 2.40. The molecule has 2 rings (SSSR count). The van der Waals surface area contributed by atoms with Crippen LogP contribution < -0.4 is 4.90 Å². The smallest absolute Gasteiger partial charge is 0.328 e. The number of ether oxygens (including phenoxy) is 1.